The summed E-state index contributed by atoms with van der Waals surface area (Å²) in [5.74, 6) is -2.12. The van der Waals surface area contributed by atoms with Gasteiger partial charge in [0.15, 0.2) is 0 Å². The van der Waals surface area contributed by atoms with Crippen molar-refractivity contribution in [3.8, 4) is 0 Å². The molecule has 0 spiro atoms. The van der Waals surface area contributed by atoms with E-state index in [-0.39, 0.29) is 11.5 Å². The number of nitrogens with one attached hydrogen (secondary N) is 1. The normalized spacial score (nSPS) is 11.4. The first-order valence-electron chi connectivity index (χ1n) is 5.12. The summed E-state index contributed by atoms with van der Waals surface area (Å²) in [5.41, 5.74) is -1.43. The molecule has 2 nitrogen and oxygen atoms in total. The largest absolute Gasteiger partial charge is 0.419 e. The number of aromatic nitrogens is 1. The zero-order valence-corrected chi connectivity index (χ0v) is 9.30. The molecule has 0 saturated carbocycles. The van der Waals surface area contributed by atoms with Gasteiger partial charge in [-0.25, -0.2) is 9.37 Å². The Bertz CT molecular complexity index is 595. The highest BCUT2D eigenvalue weighted by molar-refractivity contribution is 5.57. The predicted octanol–water partition coefficient (Wildman–Crippen LogP) is 4.12. The SMILES string of the molecule is Fc1cccc(Nc2ccc(F)c(C(F)(F)F)c2)n1. The van der Waals surface area contributed by atoms with Gasteiger partial charge < -0.3 is 5.32 Å². The van der Waals surface area contributed by atoms with Crippen LogP contribution in [0, 0.1) is 11.8 Å². The van der Waals surface area contributed by atoms with Crippen molar-refractivity contribution in [2.45, 2.75) is 6.18 Å². The monoisotopic (exact) mass is 274 g/mol. The van der Waals surface area contributed by atoms with Crippen LogP contribution in [0.3, 0.4) is 0 Å². The predicted molar refractivity (Wildman–Crippen MR) is 58.9 cm³/mol. The van der Waals surface area contributed by atoms with Crippen LogP contribution in [0.15, 0.2) is 36.4 Å². The van der Waals surface area contributed by atoms with Crippen molar-refractivity contribution in [1.82, 2.24) is 4.98 Å². The second kappa shape index (κ2) is 4.83. The Morgan fingerprint density at radius 2 is 1.74 bits per heavy atom. The van der Waals surface area contributed by atoms with Gasteiger partial charge in [0.05, 0.1) is 5.56 Å². The Hall–Kier alpha value is -2.18. The second-order valence-corrected chi connectivity index (χ2v) is 3.66. The lowest BCUT2D eigenvalue weighted by molar-refractivity contribution is -0.139. The molecule has 0 aliphatic carbocycles. The molecule has 0 bridgehead atoms. The third-order valence-corrected chi connectivity index (χ3v) is 2.26. The second-order valence-electron chi connectivity index (χ2n) is 3.66. The summed E-state index contributed by atoms with van der Waals surface area (Å²) in [6.07, 6.45) is -4.79. The zero-order valence-electron chi connectivity index (χ0n) is 9.30. The van der Waals surface area contributed by atoms with Crippen molar-refractivity contribution < 1.29 is 22.0 Å². The van der Waals surface area contributed by atoms with Crippen molar-refractivity contribution in [3.63, 3.8) is 0 Å². The summed E-state index contributed by atoms with van der Waals surface area (Å²) in [4.78, 5) is 3.43. The van der Waals surface area contributed by atoms with Crippen LogP contribution in [0.5, 0.6) is 0 Å². The van der Waals surface area contributed by atoms with E-state index in [0.717, 1.165) is 12.1 Å². The van der Waals surface area contributed by atoms with Crippen LogP contribution in [0.25, 0.3) is 0 Å². The molecule has 1 heterocycles. The van der Waals surface area contributed by atoms with Gasteiger partial charge in [-0.05, 0) is 30.3 Å². The van der Waals surface area contributed by atoms with Gasteiger partial charge >= 0.3 is 6.18 Å². The lowest BCUT2D eigenvalue weighted by Gasteiger charge is -2.11. The van der Waals surface area contributed by atoms with Gasteiger partial charge in [0, 0.05) is 5.69 Å². The molecule has 100 valence electrons. The number of nitrogens with zero attached hydrogens (tertiary/aromatic N) is 1. The first kappa shape index (κ1) is 13.3. The molecule has 2 aromatic rings. The van der Waals surface area contributed by atoms with E-state index in [2.05, 4.69) is 10.3 Å². The standard InChI is InChI=1S/C12H7F5N2/c13-9-5-4-7(6-8(9)12(15,16)17)18-11-3-1-2-10(14)19-11/h1-6H,(H,18,19). The van der Waals surface area contributed by atoms with E-state index in [1.165, 1.54) is 12.1 Å². The van der Waals surface area contributed by atoms with Gasteiger partial charge in [-0.2, -0.15) is 17.6 Å². The molecule has 2 rings (SSSR count). The first-order valence-corrected chi connectivity index (χ1v) is 5.12. The Kier molecular flexibility index (Phi) is 3.37. The number of rotatable bonds is 2. The molecule has 0 aliphatic rings. The molecule has 7 heteroatoms. The van der Waals surface area contributed by atoms with Crippen LogP contribution in [-0.4, -0.2) is 4.98 Å². The van der Waals surface area contributed by atoms with Crippen molar-refractivity contribution in [2.75, 3.05) is 5.32 Å². The molecule has 19 heavy (non-hydrogen) atoms. The third-order valence-electron chi connectivity index (χ3n) is 2.26. The fourth-order valence-electron chi connectivity index (χ4n) is 1.45. The fourth-order valence-corrected chi connectivity index (χ4v) is 1.45. The molecule has 0 radical (unpaired) electrons. The molecule has 0 unspecified atom stereocenters. The van der Waals surface area contributed by atoms with E-state index in [1.807, 2.05) is 0 Å². The average Bonchev–Trinajstić information content (AvgIpc) is 2.30. The third kappa shape index (κ3) is 3.18. The summed E-state index contributed by atoms with van der Waals surface area (Å²) >= 11 is 0. The van der Waals surface area contributed by atoms with Crippen LogP contribution >= 0.6 is 0 Å². The smallest absolute Gasteiger partial charge is 0.340 e. The van der Waals surface area contributed by atoms with Crippen LogP contribution < -0.4 is 5.32 Å². The zero-order chi connectivity index (χ0) is 14.0. The minimum atomic E-state index is -4.79. The molecule has 0 saturated heterocycles. The van der Waals surface area contributed by atoms with Crippen molar-refractivity contribution in [1.29, 1.82) is 0 Å². The first-order chi connectivity index (χ1) is 8.86. The van der Waals surface area contributed by atoms with E-state index in [1.54, 1.807) is 0 Å². The summed E-state index contributed by atoms with van der Waals surface area (Å²) in [6.45, 7) is 0. The summed E-state index contributed by atoms with van der Waals surface area (Å²) in [5, 5.41) is 2.47. The van der Waals surface area contributed by atoms with Crippen molar-refractivity contribution in [2.24, 2.45) is 0 Å². The Balaban J connectivity index is 2.32. The highest BCUT2D eigenvalue weighted by Crippen LogP contribution is 2.33. The average molecular weight is 274 g/mol. The highest BCUT2D eigenvalue weighted by Gasteiger charge is 2.34. The van der Waals surface area contributed by atoms with E-state index >= 15 is 0 Å². The Morgan fingerprint density at radius 1 is 1.00 bits per heavy atom. The summed E-state index contributed by atoms with van der Waals surface area (Å²) in [7, 11) is 0. The number of pyridine rings is 1. The maximum atomic E-state index is 13.0. The van der Waals surface area contributed by atoms with Crippen molar-refractivity contribution in [3.05, 3.63) is 53.7 Å². The van der Waals surface area contributed by atoms with Crippen LogP contribution in [0.2, 0.25) is 0 Å². The molecule has 1 aromatic heterocycles. The molecule has 0 fully saturated rings. The van der Waals surface area contributed by atoms with Crippen LogP contribution in [0.4, 0.5) is 33.5 Å². The minimum absolute atomic E-state index is 0.0275. The van der Waals surface area contributed by atoms with Gasteiger partial charge in [0.2, 0.25) is 5.95 Å². The topological polar surface area (TPSA) is 24.9 Å². The summed E-state index contributed by atoms with van der Waals surface area (Å²) in [6, 6.07) is 6.21. The number of hydrogen-bond acceptors (Lipinski definition) is 2. The number of hydrogen-bond donors (Lipinski definition) is 1. The maximum absolute atomic E-state index is 13.0. The van der Waals surface area contributed by atoms with E-state index in [4.69, 9.17) is 0 Å². The van der Waals surface area contributed by atoms with E-state index in [9.17, 15) is 22.0 Å². The fraction of sp³-hybridized carbons (Fsp3) is 0.0833. The Morgan fingerprint density at radius 3 is 2.37 bits per heavy atom. The van der Waals surface area contributed by atoms with Gasteiger partial charge in [-0.3, -0.25) is 0 Å². The maximum Gasteiger partial charge on any atom is 0.419 e. The minimum Gasteiger partial charge on any atom is -0.340 e. The lowest BCUT2D eigenvalue weighted by Crippen LogP contribution is -2.08. The van der Waals surface area contributed by atoms with E-state index < -0.39 is 23.5 Å². The number of anilines is 2. The summed E-state index contributed by atoms with van der Waals surface area (Å²) < 4.78 is 63.3. The number of benzene rings is 1. The van der Waals surface area contributed by atoms with Gasteiger partial charge in [0.25, 0.3) is 0 Å². The quantitative estimate of drug-likeness (QED) is 0.658. The molecule has 1 N–H and O–H groups in total. The van der Waals surface area contributed by atoms with Gasteiger partial charge in [-0.15, -0.1) is 0 Å². The van der Waals surface area contributed by atoms with Gasteiger partial charge in [0.1, 0.15) is 11.6 Å². The van der Waals surface area contributed by atoms with Gasteiger partial charge in [-0.1, -0.05) is 6.07 Å². The molecular formula is C12H7F5N2. The number of alkyl halides is 3. The molecule has 0 amide bonds. The Labute approximate surface area is 104 Å². The van der Waals surface area contributed by atoms with E-state index in [0.29, 0.717) is 12.1 Å². The molecule has 1 aromatic carbocycles. The molecule has 0 atom stereocenters. The number of halogens is 5. The lowest BCUT2D eigenvalue weighted by atomic mass is 10.2. The highest BCUT2D eigenvalue weighted by atomic mass is 19.4. The molecule has 0 aliphatic heterocycles. The molecular weight excluding hydrogens is 267 g/mol. The van der Waals surface area contributed by atoms with Crippen LogP contribution in [-0.2, 0) is 6.18 Å². The van der Waals surface area contributed by atoms with Crippen molar-refractivity contribution >= 4 is 11.5 Å². The van der Waals surface area contributed by atoms with Crippen LogP contribution in [0.1, 0.15) is 5.56 Å².